The molecule has 2 rings (SSSR count). The molecular formula is C26H47F3N2O8. The molecule has 2 heterocycles. The zero-order valence-corrected chi connectivity index (χ0v) is 24.1. The van der Waals surface area contributed by atoms with Crippen molar-refractivity contribution in [2.24, 2.45) is 0 Å². The number of ether oxygens (including phenoxy) is 2. The van der Waals surface area contributed by atoms with E-state index in [0.717, 1.165) is 51.6 Å². The van der Waals surface area contributed by atoms with Crippen LogP contribution in [0.3, 0.4) is 0 Å². The molecule has 0 spiro atoms. The predicted octanol–water partition coefficient (Wildman–Crippen LogP) is 4.95. The summed E-state index contributed by atoms with van der Waals surface area (Å²) in [5.74, 6) is -2.76. The zero-order valence-electron chi connectivity index (χ0n) is 24.1. The number of nitrogens with zero attached hydrogens (tertiary/aromatic N) is 2. The fraction of sp³-hybridized carbons (Fsp3) is 0.885. The summed E-state index contributed by atoms with van der Waals surface area (Å²) in [6.45, 7) is 13.0. The van der Waals surface area contributed by atoms with Crippen LogP contribution in [0.4, 0.5) is 22.8 Å². The standard InChI is InChI=1S/2C12H23NO3.C2HF3O2/c2*1-12(2,3)16-11(15)13-8-5-4-6-10(13)7-9-14;3-2(4,5)1(6)7/h2*10,14H,4-9H2,1-3H3;(H,6,7)/t2*10-;/m11./s1. The molecule has 10 nitrogen and oxygen atoms in total. The van der Waals surface area contributed by atoms with Crippen LogP contribution in [-0.4, -0.2) is 99.0 Å². The largest absolute Gasteiger partial charge is 0.490 e. The van der Waals surface area contributed by atoms with E-state index in [4.69, 9.17) is 29.6 Å². The zero-order chi connectivity index (χ0) is 30.4. The topological polar surface area (TPSA) is 137 Å². The molecule has 0 aromatic rings. The Hall–Kier alpha value is -2.28. The molecule has 0 saturated carbocycles. The van der Waals surface area contributed by atoms with Crippen LogP contribution in [0.5, 0.6) is 0 Å². The maximum Gasteiger partial charge on any atom is 0.490 e. The summed E-state index contributed by atoms with van der Waals surface area (Å²) < 4.78 is 42.5. The summed E-state index contributed by atoms with van der Waals surface area (Å²) in [7, 11) is 0. The van der Waals surface area contributed by atoms with Gasteiger partial charge in [0.1, 0.15) is 11.2 Å². The molecule has 0 aromatic carbocycles. The van der Waals surface area contributed by atoms with Gasteiger partial charge in [-0.3, -0.25) is 0 Å². The summed E-state index contributed by atoms with van der Waals surface area (Å²) in [6.07, 6.45) is 1.99. The average Bonchev–Trinajstić information content (AvgIpc) is 2.78. The summed E-state index contributed by atoms with van der Waals surface area (Å²) in [4.78, 5) is 36.3. The number of aliphatic hydroxyl groups excluding tert-OH is 2. The molecule has 2 amide bonds. The number of carbonyl (C=O) groups is 3. The molecule has 0 bridgehead atoms. The van der Waals surface area contributed by atoms with Gasteiger partial charge in [0.2, 0.25) is 0 Å². The molecule has 0 unspecified atom stereocenters. The van der Waals surface area contributed by atoms with E-state index in [9.17, 15) is 22.8 Å². The lowest BCUT2D eigenvalue weighted by molar-refractivity contribution is -0.192. The molecule has 39 heavy (non-hydrogen) atoms. The quantitative estimate of drug-likeness (QED) is 0.430. The fourth-order valence-corrected chi connectivity index (χ4v) is 4.02. The highest BCUT2D eigenvalue weighted by atomic mass is 19.4. The Morgan fingerprint density at radius 2 is 1.03 bits per heavy atom. The predicted molar refractivity (Wildman–Crippen MR) is 138 cm³/mol. The molecule has 0 aromatic heterocycles. The highest BCUT2D eigenvalue weighted by Gasteiger charge is 2.38. The maximum absolute atomic E-state index is 11.9. The van der Waals surface area contributed by atoms with Crippen LogP contribution in [0, 0.1) is 0 Å². The molecule has 3 N–H and O–H groups in total. The molecule has 2 atom stereocenters. The van der Waals surface area contributed by atoms with Gasteiger partial charge < -0.3 is 34.6 Å². The van der Waals surface area contributed by atoms with Crippen molar-refractivity contribution in [1.29, 1.82) is 0 Å². The van der Waals surface area contributed by atoms with Crippen LogP contribution in [-0.2, 0) is 14.3 Å². The third kappa shape index (κ3) is 16.4. The fourth-order valence-electron chi connectivity index (χ4n) is 4.02. The van der Waals surface area contributed by atoms with Crippen molar-refractivity contribution in [2.75, 3.05) is 26.3 Å². The van der Waals surface area contributed by atoms with Gasteiger partial charge in [-0.15, -0.1) is 0 Å². The van der Waals surface area contributed by atoms with Crippen molar-refractivity contribution in [3.8, 4) is 0 Å². The summed E-state index contributed by atoms with van der Waals surface area (Å²) in [6, 6.07) is 0.294. The Kier molecular flexibility index (Phi) is 15.8. The number of rotatable bonds is 4. The van der Waals surface area contributed by atoms with E-state index in [1.54, 1.807) is 9.80 Å². The number of hydrogen-bond acceptors (Lipinski definition) is 7. The molecular weight excluding hydrogens is 525 g/mol. The number of carboxylic acid groups (broad SMARTS) is 1. The minimum atomic E-state index is -5.08. The molecule has 0 aliphatic carbocycles. The number of carbonyl (C=O) groups excluding carboxylic acids is 2. The number of alkyl halides is 3. The molecule has 2 fully saturated rings. The Morgan fingerprint density at radius 1 is 0.718 bits per heavy atom. The molecule has 230 valence electrons. The lowest BCUT2D eigenvalue weighted by Crippen LogP contribution is -2.46. The van der Waals surface area contributed by atoms with E-state index < -0.39 is 23.3 Å². The second-order valence-electron chi connectivity index (χ2n) is 11.5. The van der Waals surface area contributed by atoms with Crippen LogP contribution in [0.15, 0.2) is 0 Å². The minimum Gasteiger partial charge on any atom is -0.475 e. The minimum absolute atomic E-state index is 0.129. The number of halogens is 3. The number of aliphatic hydroxyl groups is 2. The number of likely N-dealkylation sites (tertiary alicyclic amines) is 2. The average molecular weight is 573 g/mol. The third-order valence-electron chi connectivity index (χ3n) is 5.68. The molecule has 2 aliphatic heterocycles. The Bertz CT molecular complexity index is 697. The first-order chi connectivity index (χ1) is 17.8. The van der Waals surface area contributed by atoms with Crippen molar-refractivity contribution in [3.05, 3.63) is 0 Å². The van der Waals surface area contributed by atoms with Gasteiger partial charge in [-0.2, -0.15) is 13.2 Å². The summed E-state index contributed by atoms with van der Waals surface area (Å²) in [5.41, 5.74) is -0.892. The monoisotopic (exact) mass is 572 g/mol. The first kappa shape index (κ1) is 36.7. The van der Waals surface area contributed by atoms with Gasteiger partial charge in [0.15, 0.2) is 0 Å². The normalized spacial score (nSPS) is 20.1. The van der Waals surface area contributed by atoms with E-state index in [1.165, 1.54) is 0 Å². The lowest BCUT2D eigenvalue weighted by atomic mass is 10.0. The second kappa shape index (κ2) is 16.7. The van der Waals surface area contributed by atoms with E-state index >= 15 is 0 Å². The maximum atomic E-state index is 11.9. The number of carboxylic acids is 1. The number of hydrogen-bond donors (Lipinski definition) is 3. The lowest BCUT2D eigenvalue weighted by Gasteiger charge is -2.36. The number of aliphatic carboxylic acids is 1. The van der Waals surface area contributed by atoms with Crippen LogP contribution >= 0.6 is 0 Å². The number of piperidine rings is 2. The molecule has 2 aliphatic rings. The SMILES string of the molecule is CC(C)(C)OC(=O)N1CCCC[C@@H]1CCO.CC(C)(C)OC(=O)N1CCCC[C@@H]1CCO.O=C(O)C(F)(F)F. The Balaban J connectivity index is 0.000000600. The van der Waals surface area contributed by atoms with Gasteiger partial charge in [0.05, 0.1) is 0 Å². The van der Waals surface area contributed by atoms with Gasteiger partial charge in [-0.25, -0.2) is 14.4 Å². The van der Waals surface area contributed by atoms with Crippen LogP contribution in [0.1, 0.15) is 92.9 Å². The van der Waals surface area contributed by atoms with Gasteiger partial charge in [0, 0.05) is 38.4 Å². The van der Waals surface area contributed by atoms with Crippen molar-refractivity contribution in [2.45, 2.75) is 122 Å². The highest BCUT2D eigenvalue weighted by molar-refractivity contribution is 5.73. The van der Waals surface area contributed by atoms with Crippen molar-refractivity contribution in [3.63, 3.8) is 0 Å². The van der Waals surface area contributed by atoms with Gasteiger partial charge in [0.25, 0.3) is 0 Å². The van der Waals surface area contributed by atoms with Crippen LogP contribution in [0.25, 0.3) is 0 Å². The highest BCUT2D eigenvalue weighted by Crippen LogP contribution is 2.23. The van der Waals surface area contributed by atoms with E-state index in [2.05, 4.69) is 0 Å². The van der Waals surface area contributed by atoms with Crippen molar-refractivity contribution in [1.82, 2.24) is 9.80 Å². The van der Waals surface area contributed by atoms with E-state index in [0.29, 0.717) is 12.8 Å². The molecule has 13 heteroatoms. The van der Waals surface area contributed by atoms with Gasteiger partial charge in [-0.05, 0) is 92.9 Å². The Morgan fingerprint density at radius 3 is 1.26 bits per heavy atom. The second-order valence-corrected chi connectivity index (χ2v) is 11.5. The van der Waals surface area contributed by atoms with E-state index in [-0.39, 0.29) is 37.5 Å². The summed E-state index contributed by atoms with van der Waals surface area (Å²) >= 11 is 0. The van der Waals surface area contributed by atoms with E-state index in [1.807, 2.05) is 41.5 Å². The van der Waals surface area contributed by atoms with Crippen molar-refractivity contribution < 1.29 is 52.3 Å². The molecule has 0 radical (unpaired) electrons. The van der Waals surface area contributed by atoms with Crippen LogP contribution in [0.2, 0.25) is 0 Å². The first-order valence-electron chi connectivity index (χ1n) is 13.3. The van der Waals surface area contributed by atoms with Crippen LogP contribution < -0.4 is 0 Å². The summed E-state index contributed by atoms with van der Waals surface area (Å²) in [5, 5.41) is 25.1. The van der Waals surface area contributed by atoms with Crippen molar-refractivity contribution >= 4 is 18.2 Å². The smallest absolute Gasteiger partial charge is 0.475 e. The Labute approximate surface area is 229 Å². The van der Waals surface area contributed by atoms with Gasteiger partial charge in [-0.1, -0.05) is 0 Å². The third-order valence-corrected chi connectivity index (χ3v) is 5.68. The van der Waals surface area contributed by atoms with Gasteiger partial charge >= 0.3 is 24.3 Å². The number of amides is 2. The first-order valence-corrected chi connectivity index (χ1v) is 13.3. The molecule has 2 saturated heterocycles.